The van der Waals surface area contributed by atoms with Gasteiger partial charge in [0, 0.05) is 12.6 Å². The highest BCUT2D eigenvalue weighted by molar-refractivity contribution is 4.84. The van der Waals surface area contributed by atoms with Gasteiger partial charge in [-0.3, -0.25) is 0 Å². The predicted octanol–water partition coefficient (Wildman–Crippen LogP) is 3.75. The average molecular weight is 253 g/mol. The Morgan fingerprint density at radius 2 is 2.00 bits per heavy atom. The zero-order valence-electron chi connectivity index (χ0n) is 12.3. The highest BCUT2D eigenvalue weighted by Gasteiger charge is 2.30. The SMILES string of the molecule is CCC1CCCCC1C(CCC1CCCO1)NC. The molecule has 2 rings (SSSR count). The van der Waals surface area contributed by atoms with Crippen molar-refractivity contribution < 1.29 is 4.74 Å². The summed E-state index contributed by atoms with van der Waals surface area (Å²) in [6.45, 7) is 3.37. The topological polar surface area (TPSA) is 21.3 Å². The lowest BCUT2D eigenvalue weighted by molar-refractivity contribution is 0.0913. The van der Waals surface area contributed by atoms with Crippen LogP contribution in [-0.4, -0.2) is 25.8 Å². The molecule has 0 radical (unpaired) electrons. The summed E-state index contributed by atoms with van der Waals surface area (Å²) in [6.07, 6.45) is 12.9. The highest BCUT2D eigenvalue weighted by Crippen LogP contribution is 2.36. The Balaban J connectivity index is 1.81. The van der Waals surface area contributed by atoms with Crippen molar-refractivity contribution in [2.24, 2.45) is 11.8 Å². The summed E-state index contributed by atoms with van der Waals surface area (Å²) in [7, 11) is 2.15. The van der Waals surface area contributed by atoms with Gasteiger partial charge in [0.15, 0.2) is 0 Å². The van der Waals surface area contributed by atoms with Crippen LogP contribution in [0.2, 0.25) is 0 Å². The Hall–Kier alpha value is -0.0800. The summed E-state index contributed by atoms with van der Waals surface area (Å²) in [4.78, 5) is 0. The van der Waals surface area contributed by atoms with Gasteiger partial charge in [-0.05, 0) is 51.0 Å². The van der Waals surface area contributed by atoms with E-state index in [2.05, 4.69) is 19.3 Å². The van der Waals surface area contributed by atoms with Gasteiger partial charge in [-0.15, -0.1) is 0 Å². The molecular weight excluding hydrogens is 222 g/mol. The zero-order valence-corrected chi connectivity index (χ0v) is 12.3. The summed E-state index contributed by atoms with van der Waals surface area (Å²) >= 11 is 0. The van der Waals surface area contributed by atoms with Gasteiger partial charge >= 0.3 is 0 Å². The molecule has 0 aromatic heterocycles. The van der Waals surface area contributed by atoms with Crippen LogP contribution in [0.15, 0.2) is 0 Å². The highest BCUT2D eigenvalue weighted by atomic mass is 16.5. The third-order valence-electron chi connectivity index (χ3n) is 5.20. The Kier molecular flexibility index (Phi) is 5.97. The van der Waals surface area contributed by atoms with E-state index in [1.807, 2.05) is 0 Å². The van der Waals surface area contributed by atoms with E-state index in [0.717, 1.165) is 24.5 Å². The molecule has 1 saturated heterocycles. The summed E-state index contributed by atoms with van der Waals surface area (Å²) in [6, 6.07) is 0.722. The second-order valence-electron chi connectivity index (χ2n) is 6.22. The quantitative estimate of drug-likeness (QED) is 0.778. The maximum absolute atomic E-state index is 5.76. The first-order valence-electron chi connectivity index (χ1n) is 8.14. The molecule has 18 heavy (non-hydrogen) atoms. The lowest BCUT2D eigenvalue weighted by Crippen LogP contribution is -2.39. The van der Waals surface area contributed by atoms with E-state index in [-0.39, 0.29) is 0 Å². The maximum atomic E-state index is 5.76. The van der Waals surface area contributed by atoms with Crippen molar-refractivity contribution in [1.29, 1.82) is 0 Å². The third-order valence-corrected chi connectivity index (χ3v) is 5.20. The number of rotatable bonds is 6. The van der Waals surface area contributed by atoms with Crippen molar-refractivity contribution in [2.45, 2.75) is 76.9 Å². The Labute approximate surface area is 113 Å². The molecule has 0 spiro atoms. The van der Waals surface area contributed by atoms with Gasteiger partial charge in [0.1, 0.15) is 0 Å². The molecule has 0 bridgehead atoms. The smallest absolute Gasteiger partial charge is 0.0576 e. The minimum Gasteiger partial charge on any atom is -0.378 e. The molecule has 1 heterocycles. The first-order chi connectivity index (χ1) is 8.85. The zero-order chi connectivity index (χ0) is 12.8. The van der Waals surface area contributed by atoms with E-state index in [0.29, 0.717) is 6.10 Å². The number of nitrogens with one attached hydrogen (secondary N) is 1. The van der Waals surface area contributed by atoms with Crippen LogP contribution in [0, 0.1) is 11.8 Å². The fourth-order valence-electron chi connectivity index (χ4n) is 4.08. The van der Waals surface area contributed by atoms with Gasteiger partial charge in [0.25, 0.3) is 0 Å². The molecule has 0 aromatic carbocycles. The van der Waals surface area contributed by atoms with Crippen LogP contribution in [0.1, 0.15) is 64.7 Å². The first-order valence-corrected chi connectivity index (χ1v) is 8.14. The molecule has 2 fully saturated rings. The monoisotopic (exact) mass is 253 g/mol. The van der Waals surface area contributed by atoms with Crippen molar-refractivity contribution >= 4 is 0 Å². The van der Waals surface area contributed by atoms with Crippen LogP contribution in [0.5, 0.6) is 0 Å². The minimum atomic E-state index is 0.560. The predicted molar refractivity (Wildman–Crippen MR) is 76.8 cm³/mol. The average Bonchev–Trinajstić information content (AvgIpc) is 2.93. The summed E-state index contributed by atoms with van der Waals surface area (Å²) in [5.74, 6) is 1.87. The lowest BCUT2D eigenvalue weighted by Gasteiger charge is -2.37. The van der Waals surface area contributed by atoms with E-state index in [1.54, 1.807) is 0 Å². The number of ether oxygens (including phenoxy) is 1. The van der Waals surface area contributed by atoms with Crippen molar-refractivity contribution in [2.75, 3.05) is 13.7 Å². The number of hydrogen-bond donors (Lipinski definition) is 1. The third kappa shape index (κ3) is 3.71. The standard InChI is InChI=1S/C16H31NO/c1-3-13-7-4-5-9-15(13)16(17-2)11-10-14-8-6-12-18-14/h13-17H,3-12H2,1-2H3. The van der Waals surface area contributed by atoms with Crippen LogP contribution in [0.4, 0.5) is 0 Å². The lowest BCUT2D eigenvalue weighted by atomic mass is 9.73. The van der Waals surface area contributed by atoms with Gasteiger partial charge in [0.05, 0.1) is 6.10 Å². The summed E-state index contributed by atoms with van der Waals surface area (Å²) in [5.41, 5.74) is 0. The van der Waals surface area contributed by atoms with Crippen LogP contribution in [0.25, 0.3) is 0 Å². The molecule has 1 N–H and O–H groups in total. The van der Waals surface area contributed by atoms with E-state index < -0.39 is 0 Å². The van der Waals surface area contributed by atoms with Gasteiger partial charge in [-0.1, -0.05) is 32.6 Å². The van der Waals surface area contributed by atoms with Gasteiger partial charge in [-0.25, -0.2) is 0 Å². The summed E-state index contributed by atoms with van der Waals surface area (Å²) < 4.78 is 5.76. The molecule has 2 heteroatoms. The van der Waals surface area contributed by atoms with E-state index in [4.69, 9.17) is 4.74 Å². The van der Waals surface area contributed by atoms with Crippen molar-refractivity contribution in [3.63, 3.8) is 0 Å². The summed E-state index contributed by atoms with van der Waals surface area (Å²) in [5, 5.41) is 3.60. The van der Waals surface area contributed by atoms with E-state index in [1.165, 1.54) is 57.8 Å². The maximum Gasteiger partial charge on any atom is 0.0576 e. The largest absolute Gasteiger partial charge is 0.378 e. The van der Waals surface area contributed by atoms with Crippen molar-refractivity contribution in [3.8, 4) is 0 Å². The minimum absolute atomic E-state index is 0.560. The fourth-order valence-corrected chi connectivity index (χ4v) is 4.08. The second-order valence-corrected chi connectivity index (χ2v) is 6.22. The molecule has 4 unspecified atom stereocenters. The van der Waals surface area contributed by atoms with Crippen LogP contribution in [0.3, 0.4) is 0 Å². The molecule has 2 aliphatic rings. The molecule has 1 aliphatic carbocycles. The first kappa shape index (κ1) is 14.3. The van der Waals surface area contributed by atoms with Gasteiger partial charge in [-0.2, -0.15) is 0 Å². The fraction of sp³-hybridized carbons (Fsp3) is 1.00. The molecule has 1 saturated carbocycles. The van der Waals surface area contributed by atoms with Crippen molar-refractivity contribution in [1.82, 2.24) is 5.32 Å². The van der Waals surface area contributed by atoms with Crippen LogP contribution in [-0.2, 0) is 4.74 Å². The number of hydrogen-bond acceptors (Lipinski definition) is 2. The van der Waals surface area contributed by atoms with Crippen molar-refractivity contribution in [3.05, 3.63) is 0 Å². The molecule has 2 nitrogen and oxygen atoms in total. The molecule has 1 aliphatic heterocycles. The van der Waals surface area contributed by atoms with E-state index in [9.17, 15) is 0 Å². The van der Waals surface area contributed by atoms with Gasteiger partial charge < -0.3 is 10.1 Å². The molecule has 4 atom stereocenters. The Morgan fingerprint density at radius 3 is 2.67 bits per heavy atom. The molecule has 106 valence electrons. The van der Waals surface area contributed by atoms with E-state index >= 15 is 0 Å². The van der Waals surface area contributed by atoms with Crippen LogP contribution < -0.4 is 5.32 Å². The second kappa shape index (κ2) is 7.49. The molecule has 0 amide bonds. The van der Waals surface area contributed by atoms with Crippen LogP contribution >= 0.6 is 0 Å². The Morgan fingerprint density at radius 1 is 1.17 bits per heavy atom. The van der Waals surface area contributed by atoms with Gasteiger partial charge in [0.2, 0.25) is 0 Å². The normalized spacial score (nSPS) is 34.7. The Bertz CT molecular complexity index is 225. The molecule has 0 aromatic rings. The molecular formula is C16H31NO.